The Balaban J connectivity index is 0.000000252. The number of para-hydroxylation sites is 2. The van der Waals surface area contributed by atoms with E-state index in [1.165, 1.54) is 19.8 Å². The number of carbonyl (C=O) groups excluding carboxylic acids is 3. The largest absolute Gasteiger partial charge is 0.465 e. The van der Waals surface area contributed by atoms with Crippen LogP contribution in [-0.2, 0) is 29.1 Å². The van der Waals surface area contributed by atoms with Crippen molar-refractivity contribution in [1.82, 2.24) is 9.80 Å². The van der Waals surface area contributed by atoms with E-state index in [2.05, 4.69) is 53.1 Å². The van der Waals surface area contributed by atoms with Crippen LogP contribution >= 0.6 is 0 Å². The van der Waals surface area contributed by atoms with Crippen molar-refractivity contribution in [3.8, 4) is 0 Å². The summed E-state index contributed by atoms with van der Waals surface area (Å²) in [5, 5.41) is 3.31. The highest BCUT2D eigenvalue weighted by atomic mass is 16.5. The van der Waals surface area contributed by atoms with Gasteiger partial charge in [-0.2, -0.15) is 0 Å². The van der Waals surface area contributed by atoms with E-state index < -0.39 is 0 Å². The van der Waals surface area contributed by atoms with Crippen LogP contribution < -0.4 is 10.2 Å². The third kappa shape index (κ3) is 10.8. The first-order valence-corrected chi connectivity index (χ1v) is 17.8. The summed E-state index contributed by atoms with van der Waals surface area (Å²) in [6.07, 6.45) is 0. The molecule has 1 saturated heterocycles. The number of carbonyl (C=O) groups is 3. The molecule has 1 N–H and O–H groups in total. The summed E-state index contributed by atoms with van der Waals surface area (Å²) in [5.41, 5.74) is 6.33. The maximum atomic E-state index is 13.8. The normalized spacial score (nSPS) is 15.4. The van der Waals surface area contributed by atoms with Gasteiger partial charge in [0.05, 0.1) is 31.9 Å². The van der Waals surface area contributed by atoms with Gasteiger partial charge in [-0.1, -0.05) is 91.0 Å². The van der Waals surface area contributed by atoms with Crippen molar-refractivity contribution >= 4 is 29.3 Å². The molecule has 0 radical (unpaired) electrons. The number of esters is 2. The molecule has 0 unspecified atom stereocenters. The van der Waals surface area contributed by atoms with Gasteiger partial charge in [0.15, 0.2) is 0 Å². The zero-order valence-corrected chi connectivity index (χ0v) is 30.9. The van der Waals surface area contributed by atoms with Crippen LogP contribution in [0.4, 0.5) is 16.2 Å². The molecule has 0 aliphatic carbocycles. The molecule has 1 heterocycles. The van der Waals surface area contributed by atoms with Gasteiger partial charge in [0.2, 0.25) is 0 Å². The van der Waals surface area contributed by atoms with Crippen LogP contribution in [0.25, 0.3) is 0 Å². The quantitative estimate of drug-likeness (QED) is 0.146. The van der Waals surface area contributed by atoms with Gasteiger partial charge in [-0.15, -0.1) is 0 Å². The van der Waals surface area contributed by atoms with Crippen molar-refractivity contribution in [1.29, 1.82) is 0 Å². The van der Waals surface area contributed by atoms with E-state index >= 15 is 0 Å². The van der Waals surface area contributed by atoms with Crippen molar-refractivity contribution in [3.05, 3.63) is 167 Å². The maximum absolute atomic E-state index is 13.8. The molecule has 1 aliphatic heterocycles. The molecule has 1 aliphatic rings. The minimum Gasteiger partial charge on any atom is -0.465 e. The van der Waals surface area contributed by atoms with Gasteiger partial charge in [0.25, 0.3) is 0 Å². The molecular formula is C44H48N4O5. The van der Waals surface area contributed by atoms with Gasteiger partial charge in [-0.25, -0.2) is 14.4 Å². The number of nitrogens with one attached hydrogen (secondary N) is 1. The van der Waals surface area contributed by atoms with Gasteiger partial charge in [0.1, 0.15) is 0 Å². The number of rotatable bonds is 10. The molecule has 0 aromatic heterocycles. The minimum atomic E-state index is -0.371. The number of amides is 2. The van der Waals surface area contributed by atoms with Gasteiger partial charge in [0, 0.05) is 49.6 Å². The summed E-state index contributed by atoms with van der Waals surface area (Å²) in [4.78, 5) is 43.1. The van der Waals surface area contributed by atoms with Crippen molar-refractivity contribution in [2.75, 3.05) is 37.5 Å². The SMILES string of the molecule is COC(=O)c1ccc(CN(C(=O)N2C[C@@H](C)N(Cc3ccccc3)[C@@H](C)C2)c2ccccc2)cc1.COC(=O)c1ccc(CNc2ccccc2)cc1. The van der Waals surface area contributed by atoms with Crippen molar-refractivity contribution < 1.29 is 23.9 Å². The molecule has 9 nitrogen and oxygen atoms in total. The summed E-state index contributed by atoms with van der Waals surface area (Å²) >= 11 is 0. The predicted octanol–water partition coefficient (Wildman–Crippen LogP) is 8.28. The number of piperazine rings is 1. The maximum Gasteiger partial charge on any atom is 0.337 e. The lowest BCUT2D eigenvalue weighted by Gasteiger charge is -2.45. The predicted molar refractivity (Wildman–Crippen MR) is 210 cm³/mol. The fourth-order valence-electron chi connectivity index (χ4n) is 6.35. The molecular weight excluding hydrogens is 665 g/mol. The Morgan fingerprint density at radius 2 is 1.09 bits per heavy atom. The Labute approximate surface area is 312 Å². The van der Waals surface area contributed by atoms with E-state index in [1.807, 2.05) is 101 Å². The third-order valence-electron chi connectivity index (χ3n) is 9.24. The molecule has 0 bridgehead atoms. The van der Waals surface area contributed by atoms with Crippen LogP contribution in [0.3, 0.4) is 0 Å². The van der Waals surface area contributed by atoms with Crippen molar-refractivity contribution in [2.24, 2.45) is 0 Å². The number of hydrogen-bond donors (Lipinski definition) is 1. The molecule has 2 amide bonds. The number of methoxy groups -OCH3 is 2. The molecule has 1 fully saturated rings. The van der Waals surface area contributed by atoms with Crippen LogP contribution in [0.1, 0.15) is 51.3 Å². The minimum absolute atomic E-state index is 0.00805. The average Bonchev–Trinajstić information content (AvgIpc) is 3.21. The Morgan fingerprint density at radius 1 is 0.623 bits per heavy atom. The topological polar surface area (TPSA) is 91.4 Å². The molecule has 0 spiro atoms. The fourth-order valence-corrected chi connectivity index (χ4v) is 6.35. The fraction of sp³-hybridized carbons (Fsp3) is 0.250. The Morgan fingerprint density at radius 3 is 1.60 bits per heavy atom. The number of nitrogens with zero attached hydrogens (tertiary/aromatic N) is 3. The Hall–Kier alpha value is -5.93. The molecule has 5 aromatic carbocycles. The molecule has 53 heavy (non-hydrogen) atoms. The van der Waals surface area contributed by atoms with Crippen LogP contribution in [0.15, 0.2) is 140 Å². The Bertz CT molecular complexity index is 1880. The lowest BCUT2D eigenvalue weighted by Crippen LogP contribution is -2.59. The number of urea groups is 1. The highest BCUT2D eigenvalue weighted by molar-refractivity contribution is 5.92. The van der Waals surface area contributed by atoms with Crippen LogP contribution in [0.2, 0.25) is 0 Å². The van der Waals surface area contributed by atoms with E-state index in [0.717, 1.165) is 35.6 Å². The smallest absolute Gasteiger partial charge is 0.337 e. The summed E-state index contributed by atoms with van der Waals surface area (Å²) in [6.45, 7) is 7.73. The highest BCUT2D eigenvalue weighted by Crippen LogP contribution is 2.24. The van der Waals surface area contributed by atoms with Crippen LogP contribution in [0.5, 0.6) is 0 Å². The number of ether oxygens (including phenoxy) is 2. The van der Waals surface area contributed by atoms with E-state index in [9.17, 15) is 14.4 Å². The first-order chi connectivity index (χ1) is 25.7. The van der Waals surface area contributed by atoms with Crippen molar-refractivity contribution in [2.45, 2.75) is 45.6 Å². The molecule has 5 aromatic rings. The van der Waals surface area contributed by atoms with Gasteiger partial charge in [-0.05, 0) is 79.1 Å². The summed E-state index contributed by atoms with van der Waals surface area (Å²) < 4.78 is 9.45. The standard InChI is InChI=1S/C29H33N3O3.C15H15NO2/c1-22-18-30(19-23(2)31(22)20-24-10-6-4-7-11-24)29(34)32(27-12-8-5-9-13-27)21-25-14-16-26(17-15-25)28(33)35-3;1-18-15(17)13-9-7-12(8-10-13)11-16-14-5-3-2-4-6-14/h4-17,22-23H,18-21H2,1-3H3;2-10,16H,11H2,1H3/t22-,23+;. The highest BCUT2D eigenvalue weighted by Gasteiger charge is 2.34. The second-order valence-electron chi connectivity index (χ2n) is 13.1. The summed E-state index contributed by atoms with van der Waals surface area (Å²) in [7, 11) is 2.75. The second kappa shape index (κ2) is 19.1. The molecule has 6 rings (SSSR count). The van der Waals surface area contributed by atoms with Gasteiger partial charge in [-0.3, -0.25) is 9.80 Å². The molecule has 9 heteroatoms. The van der Waals surface area contributed by atoms with Gasteiger partial charge < -0.3 is 19.7 Å². The van der Waals surface area contributed by atoms with E-state index in [0.29, 0.717) is 30.8 Å². The van der Waals surface area contributed by atoms with Crippen LogP contribution in [0, 0.1) is 0 Å². The number of hydrogen-bond acceptors (Lipinski definition) is 7. The average molecular weight is 713 g/mol. The van der Waals surface area contributed by atoms with E-state index in [-0.39, 0.29) is 30.1 Å². The lowest BCUT2D eigenvalue weighted by atomic mass is 10.1. The second-order valence-corrected chi connectivity index (χ2v) is 13.1. The molecule has 2 atom stereocenters. The first-order valence-electron chi connectivity index (χ1n) is 17.8. The first kappa shape index (κ1) is 38.3. The third-order valence-corrected chi connectivity index (χ3v) is 9.24. The number of anilines is 2. The zero-order valence-electron chi connectivity index (χ0n) is 30.9. The molecule has 274 valence electrons. The lowest BCUT2D eigenvalue weighted by molar-refractivity contribution is 0.0508. The Kier molecular flexibility index (Phi) is 13.8. The summed E-state index contributed by atoms with van der Waals surface area (Å²) in [6, 6.07) is 45.3. The van der Waals surface area contributed by atoms with Crippen LogP contribution in [-0.4, -0.2) is 67.2 Å². The molecule has 0 saturated carbocycles. The zero-order chi connectivity index (χ0) is 37.6. The van der Waals surface area contributed by atoms with E-state index in [4.69, 9.17) is 4.74 Å². The summed E-state index contributed by atoms with van der Waals surface area (Å²) in [5.74, 6) is -0.679. The number of benzene rings is 5. The van der Waals surface area contributed by atoms with Gasteiger partial charge >= 0.3 is 18.0 Å². The van der Waals surface area contributed by atoms with Crippen molar-refractivity contribution in [3.63, 3.8) is 0 Å². The van der Waals surface area contributed by atoms with E-state index in [1.54, 1.807) is 24.3 Å². The monoisotopic (exact) mass is 712 g/mol.